The van der Waals surface area contributed by atoms with Crippen molar-refractivity contribution in [1.29, 1.82) is 0 Å². The second kappa shape index (κ2) is 12.1. The lowest BCUT2D eigenvalue weighted by atomic mass is 9.76. The number of rotatable bonds is 9. The van der Waals surface area contributed by atoms with Gasteiger partial charge < -0.3 is 0 Å². The first-order chi connectivity index (χ1) is 16.2. The summed E-state index contributed by atoms with van der Waals surface area (Å²) in [5, 5.41) is 0. The lowest BCUT2D eigenvalue weighted by Gasteiger charge is -2.29. The van der Waals surface area contributed by atoms with Crippen molar-refractivity contribution >= 4 is 0 Å². The summed E-state index contributed by atoms with van der Waals surface area (Å²) in [7, 11) is 0. The van der Waals surface area contributed by atoms with E-state index in [4.69, 9.17) is 0 Å². The molecule has 0 aliphatic heterocycles. The first kappa shape index (κ1) is 24.4. The van der Waals surface area contributed by atoms with Crippen LogP contribution in [0, 0.1) is 17.7 Å². The van der Waals surface area contributed by atoms with Crippen molar-refractivity contribution in [2.24, 2.45) is 11.8 Å². The molecule has 0 radical (unpaired) electrons. The molecular formula is C31H42F2. The molecule has 2 aromatic rings. The molecular weight excluding hydrogens is 410 g/mol. The van der Waals surface area contributed by atoms with Crippen molar-refractivity contribution in [1.82, 2.24) is 0 Å². The summed E-state index contributed by atoms with van der Waals surface area (Å²) >= 11 is 0. The predicted molar refractivity (Wildman–Crippen MR) is 136 cm³/mol. The van der Waals surface area contributed by atoms with Gasteiger partial charge in [0.1, 0.15) is 5.82 Å². The van der Waals surface area contributed by atoms with Crippen LogP contribution < -0.4 is 0 Å². The topological polar surface area (TPSA) is 0 Å². The van der Waals surface area contributed by atoms with E-state index in [1.807, 2.05) is 6.07 Å². The van der Waals surface area contributed by atoms with Gasteiger partial charge in [0.25, 0.3) is 0 Å². The Morgan fingerprint density at radius 2 is 1.30 bits per heavy atom. The number of alkyl halides is 1. The van der Waals surface area contributed by atoms with Gasteiger partial charge in [0.15, 0.2) is 0 Å². The molecule has 2 heteroatoms. The highest BCUT2D eigenvalue weighted by molar-refractivity contribution is 5.65. The van der Waals surface area contributed by atoms with Gasteiger partial charge in [0.05, 0.1) is 6.67 Å². The van der Waals surface area contributed by atoms with Crippen LogP contribution in [-0.4, -0.2) is 6.67 Å². The number of hydrogen-bond donors (Lipinski definition) is 0. The maximum atomic E-state index is 15.1. The molecule has 0 unspecified atom stereocenters. The van der Waals surface area contributed by atoms with E-state index in [9.17, 15) is 4.39 Å². The van der Waals surface area contributed by atoms with Gasteiger partial charge in [0.2, 0.25) is 0 Å². The van der Waals surface area contributed by atoms with Crippen molar-refractivity contribution in [3.63, 3.8) is 0 Å². The highest BCUT2D eigenvalue weighted by Gasteiger charge is 2.23. The lowest BCUT2D eigenvalue weighted by Crippen LogP contribution is -2.13. The van der Waals surface area contributed by atoms with Crippen LogP contribution in [0.1, 0.15) is 113 Å². The maximum absolute atomic E-state index is 15.1. The van der Waals surface area contributed by atoms with E-state index < -0.39 is 0 Å². The van der Waals surface area contributed by atoms with Gasteiger partial charge in [0, 0.05) is 5.56 Å². The minimum atomic E-state index is -0.170. The summed E-state index contributed by atoms with van der Waals surface area (Å²) < 4.78 is 27.3. The summed E-state index contributed by atoms with van der Waals surface area (Å²) in [6.07, 6.45) is 15.5. The summed E-state index contributed by atoms with van der Waals surface area (Å²) in [5.41, 5.74) is 4.30. The third kappa shape index (κ3) is 6.46. The second-order valence-electron chi connectivity index (χ2n) is 10.7. The normalized spacial score (nSPS) is 25.8. The van der Waals surface area contributed by atoms with Crippen LogP contribution in [0.15, 0.2) is 42.5 Å². The predicted octanol–water partition coefficient (Wildman–Crippen LogP) is 9.98. The fourth-order valence-corrected chi connectivity index (χ4v) is 6.35. The Hall–Kier alpha value is -1.70. The Balaban J connectivity index is 1.32. The number of unbranched alkanes of at least 4 members (excludes halogenated alkanes) is 2. The molecule has 0 saturated heterocycles. The fourth-order valence-electron chi connectivity index (χ4n) is 6.35. The molecule has 4 rings (SSSR count). The van der Waals surface area contributed by atoms with E-state index >= 15 is 4.39 Å². The molecule has 2 saturated carbocycles. The van der Waals surface area contributed by atoms with Gasteiger partial charge >= 0.3 is 0 Å². The second-order valence-corrected chi connectivity index (χ2v) is 10.7. The van der Waals surface area contributed by atoms with Gasteiger partial charge in [-0.1, -0.05) is 69.0 Å². The molecule has 180 valence electrons. The number of hydrogen-bond acceptors (Lipinski definition) is 0. The van der Waals surface area contributed by atoms with Gasteiger partial charge in [-0.2, -0.15) is 0 Å². The first-order valence-corrected chi connectivity index (χ1v) is 13.6. The molecule has 2 aliphatic rings. The van der Waals surface area contributed by atoms with E-state index in [1.54, 1.807) is 6.07 Å². The van der Waals surface area contributed by atoms with E-state index in [1.165, 1.54) is 81.8 Å². The summed E-state index contributed by atoms with van der Waals surface area (Å²) in [6, 6.07) is 14.6. The zero-order chi connectivity index (χ0) is 23.0. The average Bonchev–Trinajstić information content (AvgIpc) is 2.87. The molecule has 33 heavy (non-hydrogen) atoms. The largest absolute Gasteiger partial charge is 0.251 e. The zero-order valence-corrected chi connectivity index (χ0v) is 20.5. The number of halogens is 2. The van der Waals surface area contributed by atoms with Crippen LogP contribution in [0.4, 0.5) is 8.78 Å². The monoisotopic (exact) mass is 452 g/mol. The van der Waals surface area contributed by atoms with Crippen LogP contribution in [0.3, 0.4) is 0 Å². The Bertz CT molecular complexity index is 840. The van der Waals surface area contributed by atoms with Crippen LogP contribution in [0.5, 0.6) is 0 Å². The zero-order valence-electron chi connectivity index (χ0n) is 20.5. The van der Waals surface area contributed by atoms with Crippen molar-refractivity contribution in [2.45, 2.75) is 102 Å². The standard InChI is InChI=1S/C31H42F2/c1-2-23-7-11-27(12-8-23)29-19-20-30(31(33)22-29)28-17-15-26(16-18-28)25-13-9-24(10-14-25)6-4-3-5-21-32/h15-20,22-25,27H,2-14,21H2,1H3. The van der Waals surface area contributed by atoms with Crippen molar-refractivity contribution in [2.75, 3.05) is 6.67 Å². The van der Waals surface area contributed by atoms with Crippen LogP contribution >= 0.6 is 0 Å². The maximum Gasteiger partial charge on any atom is 0.131 e. The molecule has 0 spiro atoms. The molecule has 0 atom stereocenters. The first-order valence-electron chi connectivity index (χ1n) is 13.6. The summed E-state index contributed by atoms with van der Waals surface area (Å²) in [6.45, 7) is 2.12. The van der Waals surface area contributed by atoms with E-state index in [0.29, 0.717) is 11.8 Å². The molecule has 2 aliphatic carbocycles. The Morgan fingerprint density at radius 3 is 1.91 bits per heavy atom. The van der Waals surface area contributed by atoms with Crippen LogP contribution in [0.2, 0.25) is 0 Å². The van der Waals surface area contributed by atoms with Gasteiger partial charge in [-0.05, 0) is 104 Å². The van der Waals surface area contributed by atoms with Gasteiger partial charge in [-0.15, -0.1) is 0 Å². The Labute approximate surface area is 200 Å². The average molecular weight is 453 g/mol. The molecule has 0 bridgehead atoms. The summed E-state index contributed by atoms with van der Waals surface area (Å²) in [4.78, 5) is 0. The fraction of sp³-hybridized carbons (Fsp3) is 0.613. The van der Waals surface area contributed by atoms with E-state index in [2.05, 4.69) is 37.3 Å². The molecule has 0 aromatic heterocycles. The highest BCUT2D eigenvalue weighted by Crippen LogP contribution is 2.40. The minimum absolute atomic E-state index is 0.0777. The van der Waals surface area contributed by atoms with Crippen molar-refractivity contribution in [3.8, 4) is 11.1 Å². The van der Waals surface area contributed by atoms with E-state index in [-0.39, 0.29) is 12.5 Å². The Morgan fingerprint density at radius 1 is 0.697 bits per heavy atom. The van der Waals surface area contributed by atoms with Gasteiger partial charge in [-0.25, -0.2) is 4.39 Å². The highest BCUT2D eigenvalue weighted by atomic mass is 19.1. The molecule has 2 aromatic carbocycles. The van der Waals surface area contributed by atoms with Gasteiger partial charge in [-0.3, -0.25) is 4.39 Å². The number of benzene rings is 2. The molecule has 2 fully saturated rings. The quantitative estimate of drug-likeness (QED) is 0.332. The third-order valence-corrected chi connectivity index (χ3v) is 8.67. The Kier molecular flexibility index (Phi) is 8.98. The smallest absolute Gasteiger partial charge is 0.131 e. The van der Waals surface area contributed by atoms with Crippen LogP contribution in [0.25, 0.3) is 11.1 Å². The molecule has 0 N–H and O–H groups in total. The van der Waals surface area contributed by atoms with Crippen molar-refractivity contribution < 1.29 is 8.78 Å². The summed E-state index contributed by atoms with van der Waals surface area (Å²) in [5.74, 6) is 2.77. The van der Waals surface area contributed by atoms with Crippen molar-refractivity contribution in [3.05, 3.63) is 59.4 Å². The third-order valence-electron chi connectivity index (χ3n) is 8.67. The minimum Gasteiger partial charge on any atom is -0.251 e. The lowest BCUT2D eigenvalue weighted by molar-refractivity contribution is 0.300. The van der Waals surface area contributed by atoms with E-state index in [0.717, 1.165) is 35.8 Å². The van der Waals surface area contributed by atoms with Crippen LogP contribution in [-0.2, 0) is 0 Å². The molecule has 0 nitrogen and oxygen atoms in total. The molecule has 0 amide bonds. The SMILES string of the molecule is CCC1CCC(c2ccc(-c3ccc(C4CCC(CCCCCF)CC4)cc3)c(F)c2)CC1. The molecule has 0 heterocycles.